The first-order valence-electron chi connectivity index (χ1n) is 5.88. The lowest BCUT2D eigenvalue weighted by Crippen LogP contribution is -2.38. The van der Waals surface area contributed by atoms with Crippen molar-refractivity contribution < 1.29 is 27.8 Å². The van der Waals surface area contributed by atoms with Crippen LogP contribution in [0.2, 0.25) is 0 Å². The van der Waals surface area contributed by atoms with Crippen molar-refractivity contribution in [1.29, 1.82) is 0 Å². The number of esters is 1. The van der Waals surface area contributed by atoms with E-state index in [0.29, 0.717) is 12.8 Å². The Bertz CT molecular complexity index is 444. The van der Waals surface area contributed by atoms with Crippen LogP contribution in [0.15, 0.2) is 24.3 Å². The van der Waals surface area contributed by atoms with Crippen molar-refractivity contribution in [2.45, 2.75) is 25.6 Å². The van der Waals surface area contributed by atoms with Crippen LogP contribution in [0.4, 0.5) is 8.78 Å². The molecule has 104 valence electrons. The number of methoxy groups -OCH3 is 1. The van der Waals surface area contributed by atoms with Crippen LogP contribution < -0.4 is 9.47 Å². The van der Waals surface area contributed by atoms with Crippen molar-refractivity contribution in [1.82, 2.24) is 0 Å². The number of alkyl halides is 2. The minimum absolute atomic E-state index is 0.000909. The van der Waals surface area contributed by atoms with Gasteiger partial charge in [0, 0.05) is 0 Å². The largest absolute Gasteiger partial charge is 0.486 e. The first-order valence-corrected chi connectivity index (χ1v) is 5.88. The first kappa shape index (κ1) is 13.6. The fraction of sp³-hybridized carbons (Fsp3) is 0.462. The van der Waals surface area contributed by atoms with Crippen LogP contribution in [0.5, 0.6) is 11.5 Å². The van der Waals surface area contributed by atoms with Gasteiger partial charge in [0.05, 0.1) is 13.0 Å². The number of carbonyl (C=O) groups is 1. The predicted octanol–water partition coefficient (Wildman–Crippen LogP) is 2.62. The fourth-order valence-electron chi connectivity index (χ4n) is 1.94. The Morgan fingerprint density at radius 2 is 1.89 bits per heavy atom. The molecule has 0 aliphatic heterocycles. The quantitative estimate of drug-likeness (QED) is 0.773. The van der Waals surface area contributed by atoms with Crippen LogP contribution in [0.3, 0.4) is 0 Å². The monoisotopic (exact) mass is 272 g/mol. The number of hydrogen-bond acceptors (Lipinski definition) is 4. The molecular formula is C13H14F2O4. The highest BCUT2D eigenvalue weighted by Crippen LogP contribution is 2.36. The minimum Gasteiger partial charge on any atom is -0.486 e. The van der Waals surface area contributed by atoms with E-state index in [0.717, 1.165) is 0 Å². The zero-order valence-corrected chi connectivity index (χ0v) is 10.3. The SMILES string of the molecule is COC(=O)C1CC(Oc2ccccc2OC(F)F)C1. The Morgan fingerprint density at radius 3 is 2.47 bits per heavy atom. The lowest BCUT2D eigenvalue weighted by molar-refractivity contribution is -0.151. The topological polar surface area (TPSA) is 44.8 Å². The van der Waals surface area contributed by atoms with Crippen molar-refractivity contribution in [3.8, 4) is 11.5 Å². The maximum atomic E-state index is 12.2. The summed E-state index contributed by atoms with van der Waals surface area (Å²) in [7, 11) is 1.34. The zero-order valence-electron chi connectivity index (χ0n) is 10.3. The smallest absolute Gasteiger partial charge is 0.387 e. The molecule has 0 radical (unpaired) electrons. The maximum Gasteiger partial charge on any atom is 0.387 e. The molecule has 19 heavy (non-hydrogen) atoms. The number of carbonyl (C=O) groups excluding carboxylic acids is 1. The third kappa shape index (κ3) is 3.33. The van der Waals surface area contributed by atoms with E-state index in [1.165, 1.54) is 13.2 Å². The summed E-state index contributed by atoms with van der Waals surface area (Å²) >= 11 is 0. The molecule has 0 unspecified atom stereocenters. The predicted molar refractivity (Wildman–Crippen MR) is 62.2 cm³/mol. The Balaban J connectivity index is 1.92. The van der Waals surface area contributed by atoms with Crippen LogP contribution in [0.25, 0.3) is 0 Å². The molecule has 1 aliphatic rings. The number of benzene rings is 1. The van der Waals surface area contributed by atoms with Gasteiger partial charge < -0.3 is 14.2 Å². The van der Waals surface area contributed by atoms with Gasteiger partial charge in [0.1, 0.15) is 6.10 Å². The van der Waals surface area contributed by atoms with E-state index in [4.69, 9.17) is 4.74 Å². The van der Waals surface area contributed by atoms with Crippen LogP contribution in [0.1, 0.15) is 12.8 Å². The van der Waals surface area contributed by atoms with E-state index in [1.54, 1.807) is 18.2 Å². The summed E-state index contributed by atoms with van der Waals surface area (Å²) in [4.78, 5) is 11.2. The number of hydrogen-bond donors (Lipinski definition) is 0. The van der Waals surface area contributed by atoms with E-state index in [1.807, 2.05) is 0 Å². The Morgan fingerprint density at radius 1 is 1.26 bits per heavy atom. The number of halogens is 2. The Hall–Kier alpha value is -1.85. The summed E-state index contributed by atoms with van der Waals surface area (Å²) < 4.78 is 38.9. The van der Waals surface area contributed by atoms with Crippen molar-refractivity contribution in [3.63, 3.8) is 0 Å². The first-order chi connectivity index (χ1) is 9.10. The Labute approximate surface area is 109 Å². The number of ether oxygens (including phenoxy) is 3. The lowest BCUT2D eigenvalue weighted by Gasteiger charge is -2.33. The standard InChI is InChI=1S/C13H14F2O4/c1-17-12(16)8-6-9(7-8)18-10-4-2-3-5-11(10)19-13(14)15/h2-5,8-9,13H,6-7H2,1H3. The number of rotatable bonds is 5. The van der Waals surface area contributed by atoms with Crippen molar-refractivity contribution in [2.24, 2.45) is 5.92 Å². The van der Waals surface area contributed by atoms with E-state index in [9.17, 15) is 13.6 Å². The van der Waals surface area contributed by atoms with Crippen LogP contribution >= 0.6 is 0 Å². The van der Waals surface area contributed by atoms with Crippen molar-refractivity contribution in [2.75, 3.05) is 7.11 Å². The zero-order chi connectivity index (χ0) is 13.8. The number of para-hydroxylation sites is 2. The van der Waals surface area contributed by atoms with E-state index in [2.05, 4.69) is 9.47 Å². The van der Waals surface area contributed by atoms with Crippen molar-refractivity contribution >= 4 is 5.97 Å². The van der Waals surface area contributed by atoms with E-state index < -0.39 is 6.61 Å². The molecule has 0 saturated heterocycles. The molecule has 1 aromatic carbocycles. The lowest BCUT2D eigenvalue weighted by atomic mass is 9.82. The van der Waals surface area contributed by atoms with Crippen molar-refractivity contribution in [3.05, 3.63) is 24.3 Å². The third-order valence-corrected chi connectivity index (χ3v) is 2.99. The molecule has 4 nitrogen and oxygen atoms in total. The molecule has 0 aromatic heterocycles. The van der Waals surface area contributed by atoms with Gasteiger partial charge in [-0.1, -0.05) is 12.1 Å². The molecule has 6 heteroatoms. The summed E-state index contributed by atoms with van der Waals surface area (Å²) in [5, 5.41) is 0. The molecule has 0 spiro atoms. The molecule has 1 aromatic rings. The van der Waals surface area contributed by atoms with Crippen LogP contribution in [-0.4, -0.2) is 25.8 Å². The van der Waals surface area contributed by atoms with Gasteiger partial charge in [-0.2, -0.15) is 8.78 Å². The van der Waals surface area contributed by atoms with E-state index in [-0.39, 0.29) is 29.5 Å². The van der Waals surface area contributed by atoms with Gasteiger partial charge in [-0.25, -0.2) is 0 Å². The van der Waals surface area contributed by atoms with Gasteiger partial charge in [0.2, 0.25) is 0 Å². The highest BCUT2D eigenvalue weighted by molar-refractivity contribution is 5.73. The molecule has 0 amide bonds. The van der Waals surface area contributed by atoms with Gasteiger partial charge in [0.15, 0.2) is 11.5 Å². The molecule has 2 rings (SSSR count). The van der Waals surface area contributed by atoms with Crippen LogP contribution in [0, 0.1) is 5.92 Å². The van der Waals surface area contributed by atoms with Gasteiger partial charge in [-0.3, -0.25) is 4.79 Å². The molecule has 1 saturated carbocycles. The third-order valence-electron chi connectivity index (χ3n) is 2.99. The van der Waals surface area contributed by atoms with Gasteiger partial charge >= 0.3 is 12.6 Å². The summed E-state index contributed by atoms with van der Waals surface area (Å²) in [5.41, 5.74) is 0. The second-order valence-electron chi connectivity index (χ2n) is 4.26. The summed E-state index contributed by atoms with van der Waals surface area (Å²) in [6, 6.07) is 6.23. The second-order valence-corrected chi connectivity index (χ2v) is 4.26. The maximum absolute atomic E-state index is 12.2. The Kier molecular flexibility index (Phi) is 4.19. The molecule has 0 N–H and O–H groups in total. The van der Waals surface area contributed by atoms with Crippen LogP contribution in [-0.2, 0) is 9.53 Å². The molecular weight excluding hydrogens is 258 g/mol. The fourth-order valence-corrected chi connectivity index (χ4v) is 1.94. The highest BCUT2D eigenvalue weighted by Gasteiger charge is 2.37. The molecule has 0 atom stereocenters. The minimum atomic E-state index is -2.89. The summed E-state index contributed by atoms with van der Waals surface area (Å²) in [6.07, 6.45) is 0.872. The molecule has 0 bridgehead atoms. The summed E-state index contributed by atoms with van der Waals surface area (Å²) in [5.74, 6) is -0.176. The molecule has 1 fully saturated rings. The molecule has 1 aliphatic carbocycles. The average molecular weight is 272 g/mol. The van der Waals surface area contributed by atoms with E-state index >= 15 is 0 Å². The van der Waals surface area contributed by atoms with Gasteiger partial charge in [-0.15, -0.1) is 0 Å². The van der Waals surface area contributed by atoms with Gasteiger partial charge in [0.25, 0.3) is 0 Å². The second kappa shape index (κ2) is 5.86. The average Bonchev–Trinajstić information content (AvgIpc) is 2.33. The molecule has 0 heterocycles. The normalized spacial score (nSPS) is 21.7. The van der Waals surface area contributed by atoms with Gasteiger partial charge in [-0.05, 0) is 25.0 Å². The summed E-state index contributed by atoms with van der Waals surface area (Å²) in [6.45, 7) is -2.89. The highest BCUT2D eigenvalue weighted by atomic mass is 19.3.